The minimum atomic E-state index is -2.71. The van der Waals surface area contributed by atoms with Crippen LogP contribution in [0.5, 0.6) is 0 Å². The van der Waals surface area contributed by atoms with Crippen LogP contribution in [0.1, 0.15) is 50.6 Å². The van der Waals surface area contributed by atoms with E-state index in [-0.39, 0.29) is 36.7 Å². The molecule has 0 aliphatic heterocycles. The third-order valence-corrected chi connectivity index (χ3v) is 8.96. The molecule has 2 aliphatic carbocycles. The lowest BCUT2D eigenvalue weighted by atomic mass is 10.0. The Morgan fingerprint density at radius 2 is 1.20 bits per heavy atom. The maximum Gasteiger partial charge on any atom is 0.319 e. The minimum absolute atomic E-state index is 0.0585. The molecular formula is C24H31F2N10O3P. The third-order valence-electron chi connectivity index (χ3n) is 8.08. The molecule has 16 heteroatoms. The first-order valence-corrected chi connectivity index (χ1v) is 14.5. The highest BCUT2D eigenvalue weighted by Crippen LogP contribution is 2.42. The van der Waals surface area contributed by atoms with Crippen LogP contribution in [0.25, 0.3) is 22.3 Å². The number of aromatic nitrogens is 8. The number of imidazole rings is 2. The number of nitrogens with two attached hydrogens (primary N) is 2. The molecule has 0 amide bonds. The maximum atomic E-state index is 14.9. The molecule has 2 saturated carbocycles. The first-order valence-electron chi connectivity index (χ1n) is 13.3. The Morgan fingerprint density at radius 1 is 0.750 bits per heavy atom. The standard InChI is InChI=1S/C24H31F2N10O3P/c25-15-5-13(7-17(15)35-11-33-19-21(27)29-9-31-23(19)35)1-3-38-40(37)39-4-2-14-6-16(26)18(8-14)36-12-34-20-22(28)30-10-32-24(20)36/h9-18,40H,1-8H2,(H2,27,29,31)(H2,28,30,32). The van der Waals surface area contributed by atoms with Gasteiger partial charge in [0.15, 0.2) is 22.9 Å². The van der Waals surface area contributed by atoms with E-state index in [4.69, 9.17) is 20.5 Å². The van der Waals surface area contributed by atoms with Gasteiger partial charge in [-0.3, -0.25) is 4.57 Å². The quantitative estimate of drug-likeness (QED) is 0.264. The van der Waals surface area contributed by atoms with Crippen LogP contribution in [-0.4, -0.2) is 64.6 Å². The highest BCUT2D eigenvalue weighted by Gasteiger charge is 2.37. The van der Waals surface area contributed by atoms with Gasteiger partial charge in [0, 0.05) is 0 Å². The zero-order chi connectivity index (χ0) is 27.8. The lowest BCUT2D eigenvalue weighted by molar-refractivity contribution is 0.200. The van der Waals surface area contributed by atoms with E-state index in [0.717, 1.165) is 0 Å². The molecule has 2 aliphatic rings. The van der Waals surface area contributed by atoms with Crippen LogP contribution in [0, 0.1) is 11.8 Å². The minimum Gasteiger partial charge on any atom is -0.382 e. The van der Waals surface area contributed by atoms with Crippen LogP contribution >= 0.6 is 8.25 Å². The lowest BCUT2D eigenvalue weighted by Gasteiger charge is -2.15. The number of alkyl halides is 2. The zero-order valence-electron chi connectivity index (χ0n) is 21.6. The van der Waals surface area contributed by atoms with Crippen LogP contribution in [-0.2, 0) is 13.6 Å². The molecule has 4 heterocycles. The molecule has 40 heavy (non-hydrogen) atoms. The SMILES string of the molecule is Nc1ncnc2c1ncn2C1CC(CCO[PH](=O)OCCC2CC(F)C(n3cnc4c(N)ncnc43)C2)CC1F. The number of nitrogen functional groups attached to an aromatic ring is 2. The average Bonchev–Trinajstić information content (AvgIpc) is 3.70. The predicted octanol–water partition coefficient (Wildman–Crippen LogP) is 3.61. The van der Waals surface area contributed by atoms with Crippen molar-refractivity contribution in [1.29, 1.82) is 0 Å². The fourth-order valence-corrected chi connectivity index (χ4v) is 6.71. The van der Waals surface area contributed by atoms with Gasteiger partial charge in [0.05, 0.1) is 38.0 Å². The molecular weight excluding hydrogens is 545 g/mol. The van der Waals surface area contributed by atoms with Gasteiger partial charge in [0.1, 0.15) is 36.0 Å². The smallest absolute Gasteiger partial charge is 0.319 e. The summed E-state index contributed by atoms with van der Waals surface area (Å²) in [5.41, 5.74) is 13.6. The van der Waals surface area contributed by atoms with Gasteiger partial charge in [0.25, 0.3) is 0 Å². The number of rotatable bonds is 10. The van der Waals surface area contributed by atoms with E-state index in [0.29, 0.717) is 60.9 Å². The molecule has 2 fully saturated rings. The summed E-state index contributed by atoms with van der Waals surface area (Å²) in [5, 5.41) is 0. The van der Waals surface area contributed by atoms with Gasteiger partial charge < -0.3 is 29.6 Å². The molecule has 0 bridgehead atoms. The van der Waals surface area contributed by atoms with Crippen molar-refractivity contribution >= 4 is 42.2 Å². The fourth-order valence-electron chi connectivity index (χ4n) is 6.05. The van der Waals surface area contributed by atoms with E-state index >= 15 is 0 Å². The Hall–Kier alpha value is -3.29. The summed E-state index contributed by atoms with van der Waals surface area (Å²) in [7, 11) is -2.71. The molecule has 0 aromatic carbocycles. The van der Waals surface area contributed by atoms with Crippen LogP contribution in [0.2, 0.25) is 0 Å². The second-order valence-corrected chi connectivity index (χ2v) is 11.6. The number of hydrogen-bond acceptors (Lipinski definition) is 11. The van der Waals surface area contributed by atoms with Crippen LogP contribution < -0.4 is 11.5 Å². The van der Waals surface area contributed by atoms with E-state index in [1.165, 1.54) is 12.7 Å². The number of anilines is 2. The van der Waals surface area contributed by atoms with Crippen LogP contribution in [0.15, 0.2) is 25.3 Å². The molecule has 0 radical (unpaired) electrons. The van der Waals surface area contributed by atoms with Crippen LogP contribution in [0.3, 0.4) is 0 Å². The molecule has 214 valence electrons. The highest BCUT2D eigenvalue weighted by atomic mass is 31.1. The second-order valence-electron chi connectivity index (χ2n) is 10.5. The average molecular weight is 577 g/mol. The highest BCUT2D eigenvalue weighted by molar-refractivity contribution is 7.33. The van der Waals surface area contributed by atoms with Gasteiger partial charge in [-0.25, -0.2) is 38.7 Å². The summed E-state index contributed by atoms with van der Waals surface area (Å²) in [6, 6.07) is -0.811. The van der Waals surface area contributed by atoms with E-state index in [9.17, 15) is 13.3 Å². The summed E-state index contributed by atoms with van der Waals surface area (Å²) in [5.74, 6) is 0.639. The van der Waals surface area contributed by atoms with Crippen molar-refractivity contribution in [3.05, 3.63) is 25.3 Å². The third kappa shape index (κ3) is 5.25. The van der Waals surface area contributed by atoms with Crippen LogP contribution in [0.4, 0.5) is 20.4 Å². The van der Waals surface area contributed by atoms with Crippen molar-refractivity contribution in [2.75, 3.05) is 24.7 Å². The van der Waals surface area contributed by atoms with Gasteiger partial charge in [-0.05, 0) is 50.4 Å². The lowest BCUT2D eigenvalue weighted by Crippen LogP contribution is -2.14. The van der Waals surface area contributed by atoms with Crippen molar-refractivity contribution in [3.8, 4) is 0 Å². The number of halogens is 2. The molecule has 0 spiro atoms. The van der Waals surface area contributed by atoms with Crippen molar-refractivity contribution in [3.63, 3.8) is 0 Å². The Kier molecular flexibility index (Phi) is 7.60. The first kappa shape index (κ1) is 26.9. The molecule has 6 rings (SSSR count). The topological polar surface area (TPSA) is 175 Å². The molecule has 4 aromatic heterocycles. The van der Waals surface area contributed by atoms with Gasteiger partial charge >= 0.3 is 8.25 Å². The molecule has 6 atom stereocenters. The summed E-state index contributed by atoms with van der Waals surface area (Å²) < 4.78 is 56.3. The van der Waals surface area contributed by atoms with E-state index in [1.54, 1.807) is 21.8 Å². The Morgan fingerprint density at radius 3 is 1.65 bits per heavy atom. The van der Waals surface area contributed by atoms with Gasteiger partial charge in [-0.1, -0.05) is 0 Å². The van der Waals surface area contributed by atoms with Gasteiger partial charge in [-0.2, -0.15) is 0 Å². The van der Waals surface area contributed by atoms with E-state index < -0.39 is 32.7 Å². The van der Waals surface area contributed by atoms with E-state index in [2.05, 4.69) is 29.9 Å². The first-order chi connectivity index (χ1) is 19.4. The van der Waals surface area contributed by atoms with Gasteiger partial charge in [0.2, 0.25) is 0 Å². The molecule has 4 aromatic rings. The largest absolute Gasteiger partial charge is 0.382 e. The summed E-state index contributed by atoms with van der Waals surface area (Å²) in [6.45, 7) is 0.414. The number of fused-ring (bicyclic) bond motifs is 2. The number of nitrogens with zero attached hydrogens (tertiary/aromatic N) is 8. The van der Waals surface area contributed by atoms with Crippen molar-refractivity contribution in [2.45, 2.75) is 63.0 Å². The van der Waals surface area contributed by atoms with E-state index in [1.807, 2.05) is 0 Å². The summed E-state index contributed by atoms with van der Waals surface area (Å²) in [4.78, 5) is 24.7. The Labute approximate surface area is 228 Å². The maximum absolute atomic E-state index is 14.9. The molecule has 4 N–H and O–H groups in total. The molecule has 13 nitrogen and oxygen atoms in total. The Bertz CT molecular complexity index is 1410. The summed E-state index contributed by atoms with van der Waals surface area (Å²) >= 11 is 0. The zero-order valence-corrected chi connectivity index (χ0v) is 22.6. The predicted molar refractivity (Wildman–Crippen MR) is 143 cm³/mol. The monoisotopic (exact) mass is 576 g/mol. The van der Waals surface area contributed by atoms with Crippen molar-refractivity contribution in [1.82, 2.24) is 39.0 Å². The molecule has 6 unspecified atom stereocenters. The second kappa shape index (κ2) is 11.3. The Balaban J connectivity index is 0.929. The van der Waals surface area contributed by atoms with Crippen molar-refractivity contribution in [2.24, 2.45) is 11.8 Å². The molecule has 0 saturated heterocycles. The summed E-state index contributed by atoms with van der Waals surface area (Å²) in [6.07, 6.45) is 6.68. The normalized spacial score (nSPS) is 27.6. The van der Waals surface area contributed by atoms with Gasteiger partial charge in [-0.15, -0.1) is 0 Å². The number of hydrogen-bond donors (Lipinski definition) is 2. The fraction of sp³-hybridized carbons (Fsp3) is 0.583. The van der Waals surface area contributed by atoms with Crippen molar-refractivity contribution < 1.29 is 22.4 Å².